The monoisotopic (exact) mass is 353 g/mol. The maximum absolute atomic E-state index is 12.5. The van der Waals surface area contributed by atoms with Crippen LogP contribution in [0.25, 0.3) is 5.69 Å². The van der Waals surface area contributed by atoms with Gasteiger partial charge >= 0.3 is 0 Å². The van der Waals surface area contributed by atoms with Crippen molar-refractivity contribution in [1.29, 1.82) is 0 Å². The van der Waals surface area contributed by atoms with E-state index in [-0.39, 0.29) is 12.5 Å². The molecular weight excluding hydrogens is 338 g/mol. The van der Waals surface area contributed by atoms with Crippen molar-refractivity contribution in [1.82, 2.24) is 20.2 Å². The number of methoxy groups -OCH3 is 1. The van der Waals surface area contributed by atoms with Gasteiger partial charge in [-0.1, -0.05) is 12.1 Å². The molecule has 1 N–H and O–H groups in total. The molecule has 4 rings (SSSR count). The Morgan fingerprint density at radius 1 is 1.27 bits per heavy atom. The molecule has 132 valence electrons. The quantitative estimate of drug-likeness (QED) is 0.757. The molecule has 9 heteroatoms. The number of rotatable bonds is 4. The third kappa shape index (κ3) is 3.02. The minimum absolute atomic E-state index is 0.138. The first-order valence-electron chi connectivity index (χ1n) is 7.85. The van der Waals surface area contributed by atoms with Crippen LogP contribution >= 0.6 is 0 Å². The minimum atomic E-state index is -0.747. The summed E-state index contributed by atoms with van der Waals surface area (Å²) < 4.78 is 18.1. The Hall–Kier alpha value is -3.62. The normalized spacial score (nSPS) is 15.3. The number of aromatic nitrogens is 4. The number of hydrogen-bond acceptors (Lipinski definition) is 7. The maximum Gasteiger partial charge on any atom is 0.269 e. The number of ether oxygens (including phenoxy) is 3. The predicted octanol–water partition coefficient (Wildman–Crippen LogP) is 1.45. The smallest absolute Gasteiger partial charge is 0.269 e. The third-order valence-corrected chi connectivity index (χ3v) is 3.84. The molecule has 1 aromatic heterocycles. The van der Waals surface area contributed by atoms with E-state index < -0.39 is 6.10 Å². The van der Waals surface area contributed by atoms with Gasteiger partial charge in [-0.2, -0.15) is 4.68 Å². The predicted molar refractivity (Wildman–Crippen MR) is 90.7 cm³/mol. The van der Waals surface area contributed by atoms with Crippen LogP contribution in [0.5, 0.6) is 17.2 Å². The van der Waals surface area contributed by atoms with Crippen molar-refractivity contribution in [2.24, 2.45) is 0 Å². The number of nitrogens with zero attached hydrogens (tertiary/aromatic N) is 4. The molecule has 1 aliphatic rings. The lowest BCUT2D eigenvalue weighted by atomic mass is 10.2. The van der Waals surface area contributed by atoms with Gasteiger partial charge in [0.15, 0.2) is 11.5 Å². The Kier molecular flexibility index (Phi) is 4.10. The number of fused-ring (bicyclic) bond motifs is 1. The van der Waals surface area contributed by atoms with E-state index >= 15 is 0 Å². The summed E-state index contributed by atoms with van der Waals surface area (Å²) in [7, 11) is 1.55. The number of carbonyl (C=O) groups is 1. The van der Waals surface area contributed by atoms with Crippen molar-refractivity contribution in [2.45, 2.75) is 6.10 Å². The van der Waals surface area contributed by atoms with E-state index in [0.717, 1.165) is 0 Å². The molecule has 0 saturated heterocycles. The van der Waals surface area contributed by atoms with Crippen molar-refractivity contribution in [3.8, 4) is 22.9 Å². The molecule has 1 amide bonds. The molecule has 1 atom stereocenters. The molecule has 3 aromatic rings. The second kappa shape index (κ2) is 6.71. The standard InChI is InChI=1S/C17H15N5O4/c1-24-13-7-6-11(8-12(13)22-10-18-20-21-22)19-17(23)16-9-25-14-4-2-3-5-15(14)26-16/h2-8,10,16H,9H2,1H3,(H,19,23). The van der Waals surface area contributed by atoms with E-state index in [9.17, 15) is 4.79 Å². The van der Waals surface area contributed by atoms with Gasteiger partial charge in [0, 0.05) is 5.69 Å². The summed E-state index contributed by atoms with van der Waals surface area (Å²) in [5.41, 5.74) is 1.16. The van der Waals surface area contributed by atoms with Crippen LogP contribution in [0, 0.1) is 0 Å². The van der Waals surface area contributed by atoms with Gasteiger partial charge in [-0.05, 0) is 40.8 Å². The lowest BCUT2D eigenvalue weighted by molar-refractivity contribution is -0.125. The van der Waals surface area contributed by atoms with Gasteiger partial charge in [0.1, 0.15) is 24.4 Å². The number of benzene rings is 2. The number of amides is 1. The fraction of sp³-hybridized carbons (Fsp3) is 0.176. The van der Waals surface area contributed by atoms with Crippen molar-refractivity contribution < 1.29 is 19.0 Å². The lowest BCUT2D eigenvalue weighted by Crippen LogP contribution is -2.40. The van der Waals surface area contributed by atoms with Crippen LogP contribution in [0.2, 0.25) is 0 Å². The highest BCUT2D eigenvalue weighted by atomic mass is 16.6. The molecule has 0 fully saturated rings. The molecule has 2 heterocycles. The van der Waals surface area contributed by atoms with Gasteiger partial charge < -0.3 is 19.5 Å². The van der Waals surface area contributed by atoms with E-state index in [1.165, 1.54) is 11.0 Å². The molecule has 0 spiro atoms. The van der Waals surface area contributed by atoms with Gasteiger partial charge in [-0.15, -0.1) is 5.10 Å². The molecule has 0 radical (unpaired) electrons. The summed E-state index contributed by atoms with van der Waals surface area (Å²) in [5, 5.41) is 13.9. The van der Waals surface area contributed by atoms with Gasteiger partial charge in [0.25, 0.3) is 5.91 Å². The molecule has 26 heavy (non-hydrogen) atoms. The van der Waals surface area contributed by atoms with Crippen LogP contribution in [0.15, 0.2) is 48.8 Å². The number of hydrogen-bond donors (Lipinski definition) is 1. The number of tetrazole rings is 1. The topological polar surface area (TPSA) is 100 Å². The Bertz CT molecular complexity index is 929. The summed E-state index contributed by atoms with van der Waals surface area (Å²) in [4.78, 5) is 12.5. The molecule has 1 aliphatic heterocycles. The Morgan fingerprint density at radius 2 is 2.12 bits per heavy atom. The van der Waals surface area contributed by atoms with Crippen molar-refractivity contribution in [3.63, 3.8) is 0 Å². The van der Waals surface area contributed by atoms with E-state index in [4.69, 9.17) is 14.2 Å². The lowest BCUT2D eigenvalue weighted by Gasteiger charge is -2.25. The molecule has 9 nitrogen and oxygen atoms in total. The Balaban J connectivity index is 1.52. The zero-order chi connectivity index (χ0) is 17.9. The Labute approximate surface area is 148 Å². The highest BCUT2D eigenvalue weighted by Crippen LogP contribution is 2.31. The first-order chi connectivity index (χ1) is 12.7. The molecule has 0 aliphatic carbocycles. The van der Waals surface area contributed by atoms with Crippen LogP contribution in [-0.4, -0.2) is 45.9 Å². The third-order valence-electron chi connectivity index (χ3n) is 3.84. The highest BCUT2D eigenvalue weighted by molar-refractivity contribution is 5.95. The van der Waals surface area contributed by atoms with Gasteiger partial charge in [-0.25, -0.2) is 0 Å². The Morgan fingerprint density at radius 3 is 2.88 bits per heavy atom. The number of para-hydroxylation sites is 2. The second-order valence-corrected chi connectivity index (χ2v) is 5.49. The van der Waals surface area contributed by atoms with Gasteiger partial charge in [-0.3, -0.25) is 4.79 Å². The van der Waals surface area contributed by atoms with Crippen molar-refractivity contribution in [3.05, 3.63) is 48.8 Å². The highest BCUT2D eigenvalue weighted by Gasteiger charge is 2.27. The fourth-order valence-electron chi connectivity index (χ4n) is 2.59. The van der Waals surface area contributed by atoms with Crippen LogP contribution < -0.4 is 19.5 Å². The summed E-state index contributed by atoms with van der Waals surface area (Å²) >= 11 is 0. The van der Waals surface area contributed by atoms with Crippen LogP contribution in [-0.2, 0) is 4.79 Å². The van der Waals surface area contributed by atoms with E-state index in [1.54, 1.807) is 37.4 Å². The van der Waals surface area contributed by atoms with E-state index in [2.05, 4.69) is 20.8 Å². The van der Waals surface area contributed by atoms with Crippen LogP contribution in [0.3, 0.4) is 0 Å². The van der Waals surface area contributed by atoms with Gasteiger partial charge in [0.05, 0.1) is 7.11 Å². The molecular formula is C17H15N5O4. The average Bonchev–Trinajstić information content (AvgIpc) is 3.22. The summed E-state index contributed by atoms with van der Waals surface area (Å²) in [6.45, 7) is 0.138. The van der Waals surface area contributed by atoms with Crippen molar-refractivity contribution in [2.75, 3.05) is 19.0 Å². The molecule has 0 saturated carbocycles. The first-order valence-corrected chi connectivity index (χ1v) is 7.85. The first kappa shape index (κ1) is 15.9. The summed E-state index contributed by atoms with van der Waals surface area (Å²) in [5.74, 6) is 1.43. The van der Waals surface area contributed by atoms with E-state index in [1.807, 2.05) is 12.1 Å². The molecule has 1 unspecified atom stereocenters. The fourth-order valence-corrected chi connectivity index (χ4v) is 2.59. The number of carbonyl (C=O) groups excluding carboxylic acids is 1. The summed E-state index contributed by atoms with van der Waals surface area (Å²) in [6.07, 6.45) is 0.696. The SMILES string of the molecule is COc1ccc(NC(=O)C2COc3ccccc3O2)cc1-n1cnnn1. The summed E-state index contributed by atoms with van der Waals surface area (Å²) in [6, 6.07) is 12.4. The maximum atomic E-state index is 12.5. The second-order valence-electron chi connectivity index (χ2n) is 5.49. The van der Waals surface area contributed by atoms with Gasteiger partial charge in [0.2, 0.25) is 6.10 Å². The van der Waals surface area contributed by atoms with E-state index in [0.29, 0.717) is 28.6 Å². The molecule has 2 aromatic carbocycles. The van der Waals surface area contributed by atoms with Crippen LogP contribution in [0.1, 0.15) is 0 Å². The molecule has 0 bridgehead atoms. The van der Waals surface area contributed by atoms with Crippen molar-refractivity contribution >= 4 is 11.6 Å². The van der Waals surface area contributed by atoms with Crippen LogP contribution in [0.4, 0.5) is 5.69 Å². The number of nitrogens with one attached hydrogen (secondary N) is 1. The average molecular weight is 353 g/mol. The largest absolute Gasteiger partial charge is 0.494 e. The number of anilines is 1. The zero-order valence-corrected chi connectivity index (χ0v) is 13.8. The zero-order valence-electron chi connectivity index (χ0n) is 13.8. The minimum Gasteiger partial charge on any atom is -0.494 e.